The zero-order chi connectivity index (χ0) is 10.6. The molecule has 1 aromatic carbocycles. The first-order valence-electron chi connectivity index (χ1n) is 4.29. The average Bonchev–Trinajstić information content (AvgIpc) is 2.15. The fraction of sp³-hybridized carbons (Fsp3) is 0.300. The van der Waals surface area contributed by atoms with Crippen molar-refractivity contribution in [3.05, 3.63) is 28.8 Å². The van der Waals surface area contributed by atoms with E-state index in [9.17, 15) is 9.90 Å². The van der Waals surface area contributed by atoms with E-state index in [-0.39, 0.29) is 5.56 Å². The van der Waals surface area contributed by atoms with Crippen LogP contribution in [0.25, 0.3) is 0 Å². The van der Waals surface area contributed by atoms with Gasteiger partial charge in [0.1, 0.15) is 5.75 Å². The van der Waals surface area contributed by atoms with Crippen LogP contribution >= 0.6 is 11.6 Å². The van der Waals surface area contributed by atoms with Crippen LogP contribution in [0.4, 0.5) is 0 Å². The smallest absolute Gasteiger partial charge is 0.137 e. The summed E-state index contributed by atoms with van der Waals surface area (Å²) in [6.45, 7) is 2.54. The van der Waals surface area contributed by atoms with Gasteiger partial charge in [-0.1, -0.05) is 18.5 Å². The molecule has 0 atom stereocenters. The minimum absolute atomic E-state index is 0.0545. The maximum atomic E-state index is 10.5. The average molecular weight is 214 g/mol. The molecule has 1 rings (SSSR count). The van der Waals surface area contributed by atoms with Crippen molar-refractivity contribution in [1.82, 2.24) is 0 Å². The van der Waals surface area contributed by atoms with Crippen molar-refractivity contribution in [3.63, 3.8) is 0 Å². The molecular weight excluding hydrogens is 204 g/mol. The number of carbonyl (C=O) groups excluding carboxylic acids is 1. The topological polar surface area (TPSA) is 49.4 Å². The highest BCUT2D eigenvalue weighted by Gasteiger charge is 2.02. The predicted octanol–water partition coefficient (Wildman–Crippen LogP) is 1.49. The third-order valence-corrected chi connectivity index (χ3v) is 1.92. The Morgan fingerprint density at radius 1 is 1.57 bits per heavy atom. The van der Waals surface area contributed by atoms with Gasteiger partial charge in [-0.25, -0.2) is 0 Å². The van der Waals surface area contributed by atoms with Gasteiger partial charge >= 0.3 is 0 Å². The number of hydrogen-bond donors (Lipinski definition) is 0. The van der Waals surface area contributed by atoms with Crippen LogP contribution in [0.2, 0.25) is 5.02 Å². The third kappa shape index (κ3) is 2.64. The van der Waals surface area contributed by atoms with Gasteiger partial charge in [0.2, 0.25) is 0 Å². The van der Waals surface area contributed by atoms with E-state index in [2.05, 4.69) is 0 Å². The van der Waals surface area contributed by atoms with E-state index in [0.29, 0.717) is 17.4 Å². The summed E-state index contributed by atoms with van der Waals surface area (Å²) in [5, 5.41) is 10.8. The Morgan fingerprint density at radius 3 is 2.79 bits per heavy atom. The highest BCUT2D eigenvalue weighted by molar-refractivity contribution is 6.32. The molecule has 4 heteroatoms. The first-order chi connectivity index (χ1) is 6.65. The molecule has 1 aromatic rings. The number of ether oxygens (including phenoxy) is 1. The largest absolute Gasteiger partial charge is 0.545 e. The third-order valence-electron chi connectivity index (χ3n) is 1.63. The van der Waals surface area contributed by atoms with Crippen molar-refractivity contribution in [2.75, 3.05) is 6.61 Å². The Bertz CT molecular complexity index is 336. The molecule has 0 aromatic heterocycles. The molecule has 0 saturated heterocycles. The van der Waals surface area contributed by atoms with Crippen LogP contribution in [-0.2, 0) is 0 Å². The molecule has 0 unspecified atom stereocenters. The van der Waals surface area contributed by atoms with Crippen LogP contribution in [0.1, 0.15) is 23.7 Å². The van der Waals surface area contributed by atoms with E-state index < -0.39 is 5.97 Å². The number of carboxylic acids is 1. The maximum absolute atomic E-state index is 10.5. The van der Waals surface area contributed by atoms with Gasteiger partial charge in [-0.15, -0.1) is 0 Å². The van der Waals surface area contributed by atoms with E-state index in [1.165, 1.54) is 18.2 Å². The Kier molecular flexibility index (Phi) is 3.77. The minimum atomic E-state index is -1.24. The van der Waals surface area contributed by atoms with Crippen molar-refractivity contribution in [2.45, 2.75) is 13.3 Å². The minimum Gasteiger partial charge on any atom is -0.545 e. The molecule has 0 aliphatic heterocycles. The first kappa shape index (κ1) is 10.9. The quantitative estimate of drug-likeness (QED) is 0.762. The lowest BCUT2D eigenvalue weighted by Gasteiger charge is -2.08. The molecule has 14 heavy (non-hydrogen) atoms. The number of benzene rings is 1. The predicted molar refractivity (Wildman–Crippen MR) is 51.6 cm³/mol. The summed E-state index contributed by atoms with van der Waals surface area (Å²) in [5.74, 6) is -0.743. The van der Waals surface area contributed by atoms with Crippen LogP contribution in [0.5, 0.6) is 5.75 Å². The van der Waals surface area contributed by atoms with Crippen molar-refractivity contribution in [3.8, 4) is 5.75 Å². The Labute approximate surface area is 87.3 Å². The van der Waals surface area contributed by atoms with E-state index in [4.69, 9.17) is 16.3 Å². The molecule has 0 spiro atoms. The molecular formula is C10H10ClO3-. The molecule has 3 nitrogen and oxygen atoms in total. The van der Waals surface area contributed by atoms with Crippen LogP contribution in [0, 0.1) is 0 Å². The van der Waals surface area contributed by atoms with Gasteiger partial charge in [0.05, 0.1) is 17.6 Å². The molecule has 0 amide bonds. The summed E-state index contributed by atoms with van der Waals surface area (Å²) in [4.78, 5) is 10.5. The monoisotopic (exact) mass is 213 g/mol. The fourth-order valence-corrected chi connectivity index (χ4v) is 1.19. The molecule has 0 aliphatic carbocycles. The van der Waals surface area contributed by atoms with Crippen molar-refractivity contribution >= 4 is 17.6 Å². The Hall–Kier alpha value is -1.22. The lowest BCUT2D eigenvalue weighted by molar-refractivity contribution is -0.255. The SMILES string of the molecule is CCCOc1ccc(C(=O)[O-])cc1Cl. The van der Waals surface area contributed by atoms with Crippen LogP contribution in [-0.4, -0.2) is 12.6 Å². The summed E-state index contributed by atoms with van der Waals surface area (Å²) < 4.78 is 5.28. The summed E-state index contributed by atoms with van der Waals surface area (Å²) in [6, 6.07) is 4.26. The number of carboxylic acid groups (broad SMARTS) is 1. The Balaban J connectivity index is 2.84. The summed E-state index contributed by atoms with van der Waals surface area (Å²) in [5.41, 5.74) is 0.0545. The Morgan fingerprint density at radius 2 is 2.29 bits per heavy atom. The molecule has 0 heterocycles. The van der Waals surface area contributed by atoms with Gasteiger partial charge in [0.15, 0.2) is 0 Å². The second-order valence-electron chi connectivity index (χ2n) is 2.78. The van der Waals surface area contributed by atoms with Crippen LogP contribution < -0.4 is 9.84 Å². The number of rotatable bonds is 4. The van der Waals surface area contributed by atoms with E-state index >= 15 is 0 Å². The molecule has 0 bridgehead atoms. The number of hydrogen-bond acceptors (Lipinski definition) is 3. The molecule has 76 valence electrons. The van der Waals surface area contributed by atoms with Crippen LogP contribution in [0.3, 0.4) is 0 Å². The highest BCUT2D eigenvalue weighted by atomic mass is 35.5. The van der Waals surface area contributed by atoms with Gasteiger partial charge in [-0.3, -0.25) is 0 Å². The molecule has 0 aliphatic rings. The van der Waals surface area contributed by atoms with E-state index in [1.54, 1.807) is 0 Å². The summed E-state index contributed by atoms with van der Waals surface area (Å²) in [7, 11) is 0. The van der Waals surface area contributed by atoms with Crippen molar-refractivity contribution in [1.29, 1.82) is 0 Å². The summed E-state index contributed by atoms with van der Waals surface area (Å²) in [6.07, 6.45) is 0.874. The van der Waals surface area contributed by atoms with Gasteiger partial charge in [0, 0.05) is 0 Å². The molecule has 0 N–H and O–H groups in total. The van der Waals surface area contributed by atoms with Gasteiger partial charge in [-0.2, -0.15) is 0 Å². The number of carbonyl (C=O) groups is 1. The first-order valence-corrected chi connectivity index (χ1v) is 4.66. The number of halogens is 1. The van der Waals surface area contributed by atoms with Gasteiger partial charge in [-0.05, 0) is 30.2 Å². The maximum Gasteiger partial charge on any atom is 0.137 e. The van der Waals surface area contributed by atoms with Gasteiger partial charge < -0.3 is 14.6 Å². The lowest BCUT2D eigenvalue weighted by atomic mass is 10.2. The number of aromatic carboxylic acids is 1. The second-order valence-corrected chi connectivity index (χ2v) is 3.19. The van der Waals surface area contributed by atoms with Crippen molar-refractivity contribution in [2.24, 2.45) is 0 Å². The second kappa shape index (κ2) is 4.86. The molecule has 0 saturated carbocycles. The van der Waals surface area contributed by atoms with Gasteiger partial charge in [0.25, 0.3) is 0 Å². The normalized spacial score (nSPS) is 9.86. The van der Waals surface area contributed by atoms with E-state index in [0.717, 1.165) is 6.42 Å². The molecule has 0 radical (unpaired) electrons. The zero-order valence-electron chi connectivity index (χ0n) is 7.75. The fourth-order valence-electron chi connectivity index (χ4n) is 0.957. The van der Waals surface area contributed by atoms with E-state index in [1.807, 2.05) is 6.92 Å². The molecule has 0 fully saturated rings. The lowest BCUT2D eigenvalue weighted by Crippen LogP contribution is -2.22. The van der Waals surface area contributed by atoms with Crippen LogP contribution in [0.15, 0.2) is 18.2 Å². The zero-order valence-corrected chi connectivity index (χ0v) is 8.50. The standard InChI is InChI=1S/C10H11ClO3/c1-2-5-14-9-4-3-7(10(12)13)6-8(9)11/h3-4,6H,2,5H2,1H3,(H,12,13)/p-1. The summed E-state index contributed by atoms with van der Waals surface area (Å²) >= 11 is 5.79. The highest BCUT2D eigenvalue weighted by Crippen LogP contribution is 2.25. The van der Waals surface area contributed by atoms with Crippen molar-refractivity contribution < 1.29 is 14.6 Å².